The fraction of sp³-hybridized carbons (Fsp3) is 0.857. The van der Waals surface area contributed by atoms with Gasteiger partial charge in [0, 0.05) is 6.54 Å². The van der Waals surface area contributed by atoms with Crippen molar-refractivity contribution in [2.75, 3.05) is 13.1 Å². The molecule has 2 amide bonds. The fourth-order valence-electron chi connectivity index (χ4n) is 2.51. The van der Waals surface area contributed by atoms with Crippen molar-refractivity contribution in [1.82, 2.24) is 10.2 Å². The Hall–Kier alpha value is -1.30. The normalized spacial score (nSPS) is 23.2. The van der Waals surface area contributed by atoms with Crippen molar-refractivity contribution < 1.29 is 19.4 Å². The maximum atomic E-state index is 12.2. The number of rotatable bonds is 5. The number of urea groups is 1. The van der Waals surface area contributed by atoms with E-state index in [0.717, 1.165) is 12.8 Å². The van der Waals surface area contributed by atoms with Gasteiger partial charge in [0.2, 0.25) is 0 Å². The van der Waals surface area contributed by atoms with Crippen LogP contribution < -0.4 is 5.32 Å². The van der Waals surface area contributed by atoms with Crippen LogP contribution in [0.4, 0.5) is 4.79 Å². The molecule has 0 aromatic heterocycles. The van der Waals surface area contributed by atoms with Crippen LogP contribution >= 0.6 is 0 Å². The van der Waals surface area contributed by atoms with Crippen LogP contribution in [0.25, 0.3) is 0 Å². The molecule has 20 heavy (non-hydrogen) atoms. The number of morpholine rings is 1. The molecule has 0 aliphatic carbocycles. The highest BCUT2D eigenvalue weighted by atomic mass is 16.5. The van der Waals surface area contributed by atoms with Crippen molar-refractivity contribution in [2.45, 2.75) is 64.7 Å². The van der Waals surface area contributed by atoms with Crippen LogP contribution in [-0.4, -0.2) is 52.8 Å². The second-order valence-electron chi connectivity index (χ2n) is 6.05. The number of nitrogens with zero attached hydrogens (tertiary/aromatic N) is 1. The smallest absolute Gasteiger partial charge is 0.326 e. The molecule has 1 fully saturated rings. The quantitative estimate of drug-likeness (QED) is 0.808. The van der Waals surface area contributed by atoms with Crippen LogP contribution in [-0.2, 0) is 9.53 Å². The summed E-state index contributed by atoms with van der Waals surface area (Å²) in [5.74, 6) is -0.979. The first-order valence-electron chi connectivity index (χ1n) is 7.21. The molecule has 1 rings (SSSR count). The lowest BCUT2D eigenvalue weighted by molar-refractivity contribution is -0.139. The molecule has 2 N–H and O–H groups in total. The molecule has 1 aliphatic rings. The number of carboxylic acid groups (broad SMARTS) is 1. The number of carboxylic acids is 1. The van der Waals surface area contributed by atoms with E-state index in [0.29, 0.717) is 19.5 Å². The number of aliphatic carboxylic acids is 1. The second kappa shape index (κ2) is 6.92. The molecule has 1 heterocycles. The summed E-state index contributed by atoms with van der Waals surface area (Å²) < 4.78 is 5.73. The summed E-state index contributed by atoms with van der Waals surface area (Å²) in [7, 11) is 0. The third-order valence-electron chi connectivity index (χ3n) is 3.30. The molecule has 0 bridgehead atoms. The molecular formula is C14H26N2O4. The predicted octanol–water partition coefficient (Wildman–Crippen LogP) is 1.84. The Balaban J connectivity index is 2.61. The van der Waals surface area contributed by atoms with Crippen molar-refractivity contribution in [3.63, 3.8) is 0 Å². The Bertz CT molecular complexity index is 357. The number of ether oxygens (including phenoxy) is 1. The number of unbranched alkanes of at least 4 members (excludes halogenated alkanes) is 1. The van der Waals surface area contributed by atoms with Gasteiger partial charge >= 0.3 is 12.0 Å². The summed E-state index contributed by atoms with van der Waals surface area (Å²) in [6, 6.07) is -1.14. The third kappa shape index (κ3) is 5.00. The average molecular weight is 286 g/mol. The molecule has 6 nitrogen and oxygen atoms in total. The summed E-state index contributed by atoms with van der Waals surface area (Å²) in [5.41, 5.74) is -0.406. The van der Waals surface area contributed by atoms with E-state index in [-0.39, 0.29) is 12.1 Å². The van der Waals surface area contributed by atoms with Crippen LogP contribution in [0.2, 0.25) is 0 Å². The maximum absolute atomic E-state index is 12.2. The minimum Gasteiger partial charge on any atom is -0.480 e. The second-order valence-corrected chi connectivity index (χ2v) is 6.05. The van der Waals surface area contributed by atoms with Crippen LogP contribution in [0, 0.1) is 0 Å². The predicted molar refractivity (Wildman–Crippen MR) is 75.7 cm³/mol. The SMILES string of the molecule is CCCCC(NC(=O)N1CC(C)OC(C)(C)C1)C(=O)O. The molecule has 0 spiro atoms. The van der Waals surface area contributed by atoms with Gasteiger partial charge in [0.05, 0.1) is 18.2 Å². The van der Waals surface area contributed by atoms with Gasteiger partial charge in [-0.25, -0.2) is 9.59 Å². The van der Waals surface area contributed by atoms with Gasteiger partial charge in [-0.1, -0.05) is 19.8 Å². The van der Waals surface area contributed by atoms with E-state index in [1.54, 1.807) is 4.90 Å². The summed E-state index contributed by atoms with van der Waals surface area (Å²) in [4.78, 5) is 25.0. The van der Waals surface area contributed by atoms with Crippen LogP contribution in [0.5, 0.6) is 0 Å². The summed E-state index contributed by atoms with van der Waals surface area (Å²) in [5, 5.41) is 11.8. The van der Waals surface area contributed by atoms with E-state index in [2.05, 4.69) is 5.32 Å². The summed E-state index contributed by atoms with van der Waals surface area (Å²) in [6.45, 7) is 8.70. The lowest BCUT2D eigenvalue weighted by atomic mass is 10.1. The standard InChI is InChI=1S/C14H26N2O4/c1-5-6-7-11(12(17)18)15-13(19)16-8-10(2)20-14(3,4)9-16/h10-11H,5-9H2,1-4H3,(H,15,19)(H,17,18). The molecule has 116 valence electrons. The van der Waals surface area contributed by atoms with E-state index < -0.39 is 17.6 Å². The Labute approximate surface area is 120 Å². The average Bonchev–Trinajstić information content (AvgIpc) is 2.31. The molecule has 0 saturated carbocycles. The van der Waals surface area contributed by atoms with Crippen molar-refractivity contribution in [1.29, 1.82) is 0 Å². The first-order valence-corrected chi connectivity index (χ1v) is 7.21. The van der Waals surface area contributed by atoms with Crippen LogP contribution in [0.1, 0.15) is 47.0 Å². The van der Waals surface area contributed by atoms with Gasteiger partial charge in [0.25, 0.3) is 0 Å². The van der Waals surface area contributed by atoms with Gasteiger partial charge in [-0.15, -0.1) is 0 Å². The van der Waals surface area contributed by atoms with Gasteiger partial charge < -0.3 is 20.1 Å². The number of amides is 2. The zero-order valence-electron chi connectivity index (χ0n) is 12.8. The highest BCUT2D eigenvalue weighted by Crippen LogP contribution is 2.20. The topological polar surface area (TPSA) is 78.9 Å². The van der Waals surface area contributed by atoms with Crippen molar-refractivity contribution in [3.05, 3.63) is 0 Å². The molecular weight excluding hydrogens is 260 g/mol. The first kappa shape index (κ1) is 16.8. The van der Waals surface area contributed by atoms with Gasteiger partial charge in [-0.3, -0.25) is 0 Å². The Morgan fingerprint density at radius 2 is 2.15 bits per heavy atom. The molecule has 0 radical (unpaired) electrons. The zero-order valence-corrected chi connectivity index (χ0v) is 12.8. The monoisotopic (exact) mass is 286 g/mol. The minimum atomic E-state index is -0.979. The Kier molecular flexibility index (Phi) is 5.80. The largest absolute Gasteiger partial charge is 0.480 e. The van der Waals surface area contributed by atoms with Crippen molar-refractivity contribution in [3.8, 4) is 0 Å². The minimum absolute atomic E-state index is 0.0524. The molecule has 6 heteroatoms. The number of hydrogen-bond acceptors (Lipinski definition) is 3. The number of hydrogen-bond donors (Lipinski definition) is 2. The molecule has 2 unspecified atom stereocenters. The third-order valence-corrected chi connectivity index (χ3v) is 3.30. The van der Waals surface area contributed by atoms with Crippen molar-refractivity contribution >= 4 is 12.0 Å². The summed E-state index contributed by atoms with van der Waals surface area (Å²) in [6.07, 6.45) is 2.09. The Morgan fingerprint density at radius 1 is 1.50 bits per heavy atom. The number of nitrogens with one attached hydrogen (secondary N) is 1. The number of carbonyl (C=O) groups excluding carboxylic acids is 1. The summed E-state index contributed by atoms with van der Waals surface area (Å²) >= 11 is 0. The highest BCUT2D eigenvalue weighted by Gasteiger charge is 2.34. The van der Waals surface area contributed by atoms with Gasteiger partial charge in [0.15, 0.2) is 0 Å². The molecule has 1 saturated heterocycles. The van der Waals surface area contributed by atoms with Gasteiger partial charge in [0.1, 0.15) is 6.04 Å². The van der Waals surface area contributed by atoms with Gasteiger partial charge in [-0.2, -0.15) is 0 Å². The number of carbonyl (C=O) groups is 2. The Morgan fingerprint density at radius 3 is 2.65 bits per heavy atom. The highest BCUT2D eigenvalue weighted by molar-refractivity contribution is 5.82. The molecule has 0 aromatic rings. The molecule has 0 aromatic carbocycles. The van der Waals surface area contributed by atoms with Crippen molar-refractivity contribution in [2.24, 2.45) is 0 Å². The zero-order chi connectivity index (χ0) is 15.3. The van der Waals surface area contributed by atoms with E-state index in [1.807, 2.05) is 27.7 Å². The maximum Gasteiger partial charge on any atom is 0.326 e. The lowest BCUT2D eigenvalue weighted by Gasteiger charge is -2.41. The molecule has 1 aliphatic heterocycles. The van der Waals surface area contributed by atoms with Crippen LogP contribution in [0.3, 0.4) is 0 Å². The van der Waals surface area contributed by atoms with E-state index in [4.69, 9.17) is 9.84 Å². The van der Waals surface area contributed by atoms with E-state index in [9.17, 15) is 9.59 Å². The van der Waals surface area contributed by atoms with Crippen LogP contribution in [0.15, 0.2) is 0 Å². The lowest BCUT2D eigenvalue weighted by Crippen LogP contribution is -2.58. The first-order chi connectivity index (χ1) is 9.25. The molecule has 2 atom stereocenters. The van der Waals surface area contributed by atoms with E-state index in [1.165, 1.54) is 0 Å². The van der Waals surface area contributed by atoms with Gasteiger partial charge in [-0.05, 0) is 27.2 Å². The fourth-order valence-corrected chi connectivity index (χ4v) is 2.51. The van der Waals surface area contributed by atoms with E-state index >= 15 is 0 Å².